The number of aryl methyl sites for hydroxylation is 3. The van der Waals surface area contributed by atoms with E-state index in [4.69, 9.17) is 0 Å². The molecule has 2 aromatic carbocycles. The van der Waals surface area contributed by atoms with Crippen LogP contribution in [0.25, 0.3) is 0 Å². The summed E-state index contributed by atoms with van der Waals surface area (Å²) >= 11 is 0. The molecule has 0 N–H and O–H groups in total. The largest absolute Gasteiger partial charge is 0.309 e. The Kier molecular flexibility index (Phi) is 4.95. The van der Waals surface area contributed by atoms with Gasteiger partial charge in [0.1, 0.15) is 11.6 Å². The first-order valence-corrected chi connectivity index (χ1v) is 11.1. The van der Waals surface area contributed by atoms with Crippen LogP contribution in [0.4, 0.5) is 14.5 Å². The van der Waals surface area contributed by atoms with Crippen molar-refractivity contribution in [2.45, 2.75) is 43.4 Å². The Hall–Kier alpha value is -2.28. The highest BCUT2D eigenvalue weighted by Gasteiger charge is 2.28. The Balaban J connectivity index is 1.51. The number of benzene rings is 2. The normalized spacial score (nSPS) is 16.0. The van der Waals surface area contributed by atoms with E-state index in [-0.39, 0.29) is 22.8 Å². The van der Waals surface area contributed by atoms with Crippen LogP contribution in [0.3, 0.4) is 0 Å². The van der Waals surface area contributed by atoms with Crippen molar-refractivity contribution in [2.24, 2.45) is 0 Å². The molecule has 4 rings (SSSR count). The minimum absolute atomic E-state index is 0.0765. The van der Waals surface area contributed by atoms with Gasteiger partial charge in [-0.1, -0.05) is 6.07 Å². The Labute approximate surface area is 163 Å². The predicted octanol–water partition coefficient (Wildman–Crippen LogP) is 3.60. The van der Waals surface area contributed by atoms with Crippen LogP contribution in [0.5, 0.6) is 0 Å². The summed E-state index contributed by atoms with van der Waals surface area (Å²) in [5.41, 5.74) is 2.76. The lowest BCUT2D eigenvalue weighted by Crippen LogP contribution is -2.37. The monoisotopic (exact) mass is 405 g/mol. The number of amides is 1. The van der Waals surface area contributed by atoms with Crippen LogP contribution < -0.4 is 4.90 Å². The summed E-state index contributed by atoms with van der Waals surface area (Å²) in [5.74, 6) is -2.26. The molecule has 2 aromatic rings. The van der Waals surface area contributed by atoms with Gasteiger partial charge < -0.3 is 4.90 Å². The van der Waals surface area contributed by atoms with Crippen molar-refractivity contribution in [1.29, 1.82) is 0 Å². The van der Waals surface area contributed by atoms with Crippen molar-refractivity contribution in [3.8, 4) is 0 Å². The molecule has 0 spiro atoms. The zero-order chi connectivity index (χ0) is 19.9. The van der Waals surface area contributed by atoms with E-state index in [0.29, 0.717) is 24.9 Å². The van der Waals surface area contributed by atoms with Crippen LogP contribution in [0.15, 0.2) is 35.2 Å². The number of fused-ring (bicyclic) bond motifs is 2. The van der Waals surface area contributed by atoms with E-state index < -0.39 is 27.4 Å². The van der Waals surface area contributed by atoms with E-state index in [1.807, 2.05) is 6.07 Å². The third kappa shape index (κ3) is 3.55. The Morgan fingerprint density at radius 2 is 1.71 bits per heavy atom. The molecule has 2 aliphatic rings. The van der Waals surface area contributed by atoms with Gasteiger partial charge in [-0.2, -0.15) is 0 Å². The molecule has 0 radical (unpaired) electrons. The molecule has 0 atom stereocenters. The lowest BCUT2D eigenvalue weighted by Gasteiger charge is -2.30. The smallest absolute Gasteiger partial charge is 0.228 e. The maximum Gasteiger partial charge on any atom is 0.228 e. The Bertz CT molecular complexity index is 1050. The molecule has 0 bridgehead atoms. The van der Waals surface area contributed by atoms with Gasteiger partial charge in [0.15, 0.2) is 9.84 Å². The van der Waals surface area contributed by atoms with E-state index in [1.165, 1.54) is 16.5 Å². The third-order valence-corrected chi connectivity index (χ3v) is 7.23. The van der Waals surface area contributed by atoms with Crippen molar-refractivity contribution in [2.75, 3.05) is 17.2 Å². The molecule has 7 heteroatoms. The van der Waals surface area contributed by atoms with Crippen LogP contribution in [-0.4, -0.2) is 26.6 Å². The summed E-state index contributed by atoms with van der Waals surface area (Å²) in [6.07, 6.45) is 3.70. The zero-order valence-corrected chi connectivity index (χ0v) is 16.2. The first-order valence-electron chi connectivity index (χ1n) is 9.48. The van der Waals surface area contributed by atoms with Crippen LogP contribution in [0.2, 0.25) is 0 Å². The third-order valence-electron chi connectivity index (χ3n) is 5.52. The second-order valence-electron chi connectivity index (χ2n) is 7.40. The van der Waals surface area contributed by atoms with Crippen LogP contribution in [-0.2, 0) is 33.9 Å². The minimum Gasteiger partial charge on any atom is -0.309 e. The summed E-state index contributed by atoms with van der Waals surface area (Å²) in [5, 5.41) is 0. The highest BCUT2D eigenvalue weighted by atomic mass is 32.2. The molecule has 1 amide bonds. The molecule has 0 fully saturated rings. The van der Waals surface area contributed by atoms with Gasteiger partial charge in [-0.3, -0.25) is 4.79 Å². The molecule has 0 saturated carbocycles. The fourth-order valence-electron chi connectivity index (χ4n) is 4.12. The predicted molar refractivity (Wildman–Crippen MR) is 102 cm³/mol. The summed E-state index contributed by atoms with van der Waals surface area (Å²) in [6.45, 7) is 0.299. The Morgan fingerprint density at radius 1 is 0.964 bits per heavy atom. The average Bonchev–Trinajstić information content (AvgIpc) is 3.13. The molecule has 1 heterocycles. The van der Waals surface area contributed by atoms with Gasteiger partial charge in [-0.25, -0.2) is 17.2 Å². The molecule has 28 heavy (non-hydrogen) atoms. The minimum atomic E-state index is -3.61. The highest BCUT2D eigenvalue weighted by molar-refractivity contribution is 7.91. The molecule has 148 valence electrons. The topological polar surface area (TPSA) is 54.5 Å². The molecule has 0 aromatic heterocycles. The fourth-order valence-corrected chi connectivity index (χ4v) is 5.39. The first kappa shape index (κ1) is 19.1. The van der Waals surface area contributed by atoms with Gasteiger partial charge in [0.25, 0.3) is 0 Å². The van der Waals surface area contributed by atoms with Crippen molar-refractivity contribution >= 4 is 21.4 Å². The van der Waals surface area contributed by atoms with Gasteiger partial charge in [0, 0.05) is 19.0 Å². The maximum absolute atomic E-state index is 14.3. The van der Waals surface area contributed by atoms with Gasteiger partial charge in [0.05, 0.1) is 16.3 Å². The number of carbonyl (C=O) groups is 1. The quantitative estimate of drug-likeness (QED) is 0.781. The van der Waals surface area contributed by atoms with Crippen LogP contribution in [0, 0.1) is 11.6 Å². The number of anilines is 1. The number of sulfone groups is 1. The van der Waals surface area contributed by atoms with Gasteiger partial charge in [0.2, 0.25) is 5.91 Å². The number of hydrogen-bond donors (Lipinski definition) is 0. The van der Waals surface area contributed by atoms with Gasteiger partial charge in [-0.05, 0) is 67.0 Å². The van der Waals surface area contributed by atoms with E-state index in [2.05, 4.69) is 0 Å². The molecule has 1 aliphatic carbocycles. The number of hydrogen-bond acceptors (Lipinski definition) is 3. The van der Waals surface area contributed by atoms with Crippen LogP contribution >= 0.6 is 0 Å². The van der Waals surface area contributed by atoms with Crippen LogP contribution in [0.1, 0.15) is 36.0 Å². The van der Waals surface area contributed by atoms with Gasteiger partial charge in [-0.15, -0.1) is 0 Å². The first-order chi connectivity index (χ1) is 13.3. The maximum atomic E-state index is 14.3. The fraction of sp³-hybridized carbons (Fsp3) is 0.381. The molecule has 1 aliphatic heterocycles. The van der Waals surface area contributed by atoms with Crippen molar-refractivity contribution in [3.63, 3.8) is 0 Å². The molecular formula is C21H21F2NO3S. The van der Waals surface area contributed by atoms with Crippen molar-refractivity contribution in [1.82, 2.24) is 0 Å². The standard InChI is InChI=1S/C21H21F2NO3S/c22-17-11-16-5-2-9-24(21(16)19(23)13-17)20(25)8-10-28(26,27)18-7-6-14-3-1-4-15(14)12-18/h6-7,11-13H,1-5,8-10H2. The zero-order valence-electron chi connectivity index (χ0n) is 15.4. The summed E-state index contributed by atoms with van der Waals surface area (Å²) in [6, 6.07) is 7.15. The van der Waals surface area contributed by atoms with E-state index in [1.54, 1.807) is 12.1 Å². The number of halogens is 2. The second kappa shape index (κ2) is 7.28. The number of rotatable bonds is 4. The summed E-state index contributed by atoms with van der Waals surface area (Å²) in [4.78, 5) is 14.1. The summed E-state index contributed by atoms with van der Waals surface area (Å²) < 4.78 is 53.1. The van der Waals surface area contributed by atoms with E-state index in [9.17, 15) is 22.0 Å². The lowest BCUT2D eigenvalue weighted by atomic mass is 10.0. The van der Waals surface area contributed by atoms with Crippen molar-refractivity contribution < 1.29 is 22.0 Å². The summed E-state index contributed by atoms with van der Waals surface area (Å²) in [7, 11) is -3.61. The number of carbonyl (C=O) groups excluding carboxylic acids is 1. The van der Waals surface area contributed by atoms with Gasteiger partial charge >= 0.3 is 0 Å². The molecule has 4 nitrogen and oxygen atoms in total. The lowest BCUT2D eigenvalue weighted by molar-refractivity contribution is -0.118. The Morgan fingerprint density at radius 3 is 2.54 bits per heavy atom. The molecule has 0 saturated heterocycles. The average molecular weight is 405 g/mol. The SMILES string of the molecule is O=C(CCS(=O)(=O)c1ccc2c(c1)CCC2)N1CCCc2cc(F)cc(F)c21. The number of nitrogens with zero attached hydrogens (tertiary/aromatic N) is 1. The van der Waals surface area contributed by atoms with Crippen molar-refractivity contribution in [3.05, 3.63) is 58.7 Å². The van der Waals surface area contributed by atoms with E-state index in [0.717, 1.165) is 30.9 Å². The second-order valence-corrected chi connectivity index (χ2v) is 9.51. The molecule has 0 unspecified atom stereocenters. The highest BCUT2D eigenvalue weighted by Crippen LogP contribution is 2.32. The van der Waals surface area contributed by atoms with E-state index >= 15 is 0 Å². The molecular weight excluding hydrogens is 384 g/mol.